The van der Waals surface area contributed by atoms with E-state index in [1.807, 2.05) is 6.92 Å². The van der Waals surface area contributed by atoms with Gasteiger partial charge in [-0.25, -0.2) is 5.84 Å². The van der Waals surface area contributed by atoms with Crippen LogP contribution in [0.4, 0.5) is 0 Å². The van der Waals surface area contributed by atoms with E-state index in [4.69, 9.17) is 10.6 Å². The Balaban J connectivity index is 2.71. The van der Waals surface area contributed by atoms with Gasteiger partial charge in [0.15, 0.2) is 0 Å². The van der Waals surface area contributed by atoms with E-state index >= 15 is 0 Å². The van der Waals surface area contributed by atoms with Crippen molar-refractivity contribution in [1.29, 1.82) is 0 Å². The Hall–Kier alpha value is -1.40. The number of hydrogen-bond acceptors (Lipinski definition) is 4. The lowest BCUT2D eigenvalue weighted by Crippen LogP contribution is -2.31. The highest BCUT2D eigenvalue weighted by Crippen LogP contribution is 2.02. The molecule has 1 aromatic rings. The highest BCUT2D eigenvalue weighted by Gasteiger charge is 2.06. The lowest BCUT2D eigenvalue weighted by molar-refractivity contribution is 0.208. The first-order valence-electron chi connectivity index (χ1n) is 4.30. The maximum Gasteiger partial charge on any atom is 0.146 e. The van der Waals surface area contributed by atoms with Crippen LogP contribution in [0.15, 0.2) is 11.2 Å². The summed E-state index contributed by atoms with van der Waals surface area (Å²) in [5.74, 6) is 5.97. The molecule has 0 aliphatic carbocycles. The molecule has 0 saturated carbocycles. The first-order chi connectivity index (χ1) is 6.79. The van der Waals surface area contributed by atoms with Crippen LogP contribution in [-0.2, 0) is 4.74 Å². The molecule has 1 aromatic heterocycles. The van der Waals surface area contributed by atoms with Gasteiger partial charge < -0.3 is 10.2 Å². The summed E-state index contributed by atoms with van der Waals surface area (Å²) in [6, 6.07) is 0. The maximum absolute atomic E-state index is 5.35. The van der Waals surface area contributed by atoms with E-state index in [-0.39, 0.29) is 0 Å². The zero-order chi connectivity index (χ0) is 10.4. The van der Waals surface area contributed by atoms with Crippen molar-refractivity contribution in [3.05, 3.63) is 17.5 Å². The van der Waals surface area contributed by atoms with Crippen LogP contribution in [0.2, 0.25) is 0 Å². The third-order valence-electron chi connectivity index (χ3n) is 1.79. The molecule has 0 saturated heterocycles. The van der Waals surface area contributed by atoms with E-state index in [9.17, 15) is 0 Å². The number of methoxy groups -OCH3 is 1. The number of aromatic nitrogens is 2. The van der Waals surface area contributed by atoms with Gasteiger partial charge in [-0.05, 0) is 6.92 Å². The first kappa shape index (κ1) is 10.7. The summed E-state index contributed by atoms with van der Waals surface area (Å²) in [6.07, 6.45) is 1.68. The van der Waals surface area contributed by atoms with Gasteiger partial charge in [0, 0.05) is 12.8 Å². The number of aryl methyl sites for hydroxylation is 1. The molecule has 78 valence electrons. The predicted octanol–water partition coefficient (Wildman–Crippen LogP) is -0.426. The van der Waals surface area contributed by atoms with Crippen LogP contribution < -0.4 is 11.3 Å². The van der Waals surface area contributed by atoms with E-state index in [2.05, 4.69) is 20.6 Å². The minimum absolute atomic E-state index is 0.570. The second-order valence-corrected chi connectivity index (χ2v) is 2.78. The van der Waals surface area contributed by atoms with Gasteiger partial charge in [-0.1, -0.05) is 0 Å². The van der Waals surface area contributed by atoms with E-state index in [0.717, 1.165) is 11.3 Å². The molecular formula is C8H15N5O. The van der Waals surface area contributed by atoms with Gasteiger partial charge in [0.2, 0.25) is 0 Å². The molecule has 0 atom stereocenters. The van der Waals surface area contributed by atoms with Crippen LogP contribution >= 0.6 is 0 Å². The van der Waals surface area contributed by atoms with Gasteiger partial charge in [0.05, 0.1) is 24.9 Å². The Kier molecular flexibility index (Phi) is 4.09. The summed E-state index contributed by atoms with van der Waals surface area (Å²) in [5.41, 5.74) is 4.35. The van der Waals surface area contributed by atoms with Crippen LogP contribution in [0.5, 0.6) is 0 Å². The summed E-state index contributed by atoms with van der Waals surface area (Å²) >= 11 is 0. The van der Waals surface area contributed by atoms with Gasteiger partial charge in [-0.3, -0.25) is 10.1 Å². The lowest BCUT2D eigenvalue weighted by Gasteiger charge is -2.03. The van der Waals surface area contributed by atoms with Crippen molar-refractivity contribution in [3.8, 4) is 0 Å². The average molecular weight is 197 g/mol. The van der Waals surface area contributed by atoms with E-state index in [1.54, 1.807) is 13.3 Å². The van der Waals surface area contributed by atoms with Crippen LogP contribution in [0.25, 0.3) is 0 Å². The van der Waals surface area contributed by atoms with Crippen LogP contribution in [0.3, 0.4) is 0 Å². The molecule has 0 radical (unpaired) electrons. The summed E-state index contributed by atoms with van der Waals surface area (Å²) in [4.78, 5) is 4.23. The van der Waals surface area contributed by atoms with E-state index < -0.39 is 0 Å². The predicted molar refractivity (Wildman–Crippen MR) is 53.9 cm³/mol. The fourth-order valence-electron chi connectivity index (χ4n) is 1.05. The van der Waals surface area contributed by atoms with Crippen LogP contribution in [0.1, 0.15) is 11.3 Å². The topological polar surface area (TPSA) is 88.3 Å². The standard InChI is InChI=1S/C8H15N5O/c1-6-7(5-11-13-6)8(12-9)10-3-4-14-2/h5H,3-4,9H2,1-2H3,(H,10,12)(H,11,13). The number of nitrogens with one attached hydrogen (secondary N) is 2. The lowest BCUT2D eigenvalue weighted by atomic mass is 10.2. The molecule has 6 nitrogen and oxygen atoms in total. The molecule has 0 spiro atoms. The molecule has 1 heterocycles. The van der Waals surface area contributed by atoms with Gasteiger partial charge in [-0.2, -0.15) is 5.10 Å². The Labute approximate surface area is 82.5 Å². The second-order valence-electron chi connectivity index (χ2n) is 2.78. The zero-order valence-electron chi connectivity index (χ0n) is 8.37. The van der Waals surface area contributed by atoms with Crippen molar-refractivity contribution < 1.29 is 4.74 Å². The summed E-state index contributed by atoms with van der Waals surface area (Å²) in [7, 11) is 1.63. The minimum atomic E-state index is 0.570. The molecule has 0 aromatic carbocycles. The molecule has 14 heavy (non-hydrogen) atoms. The van der Waals surface area contributed by atoms with Crippen molar-refractivity contribution in [2.24, 2.45) is 10.8 Å². The summed E-state index contributed by atoms with van der Waals surface area (Å²) in [6.45, 7) is 3.05. The quantitative estimate of drug-likeness (QED) is 0.201. The number of amidine groups is 1. The number of nitrogens with zero attached hydrogens (tertiary/aromatic N) is 2. The number of aliphatic imine (C=N–C) groups is 1. The molecule has 0 aliphatic heterocycles. The van der Waals surface area contributed by atoms with Gasteiger partial charge >= 0.3 is 0 Å². The Morgan fingerprint density at radius 2 is 2.57 bits per heavy atom. The number of hydrogen-bond donors (Lipinski definition) is 3. The van der Waals surface area contributed by atoms with E-state index in [0.29, 0.717) is 19.0 Å². The highest BCUT2D eigenvalue weighted by atomic mass is 16.5. The Morgan fingerprint density at radius 3 is 3.07 bits per heavy atom. The van der Waals surface area contributed by atoms with Crippen LogP contribution in [-0.4, -0.2) is 36.3 Å². The zero-order valence-corrected chi connectivity index (χ0v) is 8.37. The summed E-state index contributed by atoms with van der Waals surface area (Å²) < 4.78 is 4.89. The van der Waals surface area contributed by atoms with Crippen molar-refractivity contribution in [2.45, 2.75) is 6.92 Å². The van der Waals surface area contributed by atoms with Crippen molar-refractivity contribution in [2.75, 3.05) is 20.3 Å². The number of hydrazine groups is 1. The van der Waals surface area contributed by atoms with Gasteiger partial charge in [0.25, 0.3) is 0 Å². The second kappa shape index (κ2) is 5.36. The number of H-pyrrole nitrogens is 1. The first-order valence-corrected chi connectivity index (χ1v) is 4.30. The Bertz CT molecular complexity index is 306. The third kappa shape index (κ3) is 2.54. The fourth-order valence-corrected chi connectivity index (χ4v) is 1.05. The minimum Gasteiger partial charge on any atom is -0.383 e. The average Bonchev–Trinajstić information content (AvgIpc) is 2.60. The van der Waals surface area contributed by atoms with Gasteiger partial charge in [-0.15, -0.1) is 0 Å². The smallest absolute Gasteiger partial charge is 0.146 e. The fraction of sp³-hybridized carbons (Fsp3) is 0.500. The molecule has 6 heteroatoms. The number of aromatic amines is 1. The van der Waals surface area contributed by atoms with E-state index in [1.165, 1.54) is 0 Å². The number of nitrogens with two attached hydrogens (primary N) is 1. The molecule has 0 unspecified atom stereocenters. The summed E-state index contributed by atoms with van der Waals surface area (Å²) in [5, 5.41) is 6.70. The maximum atomic E-state index is 5.35. The van der Waals surface area contributed by atoms with Crippen molar-refractivity contribution in [3.63, 3.8) is 0 Å². The number of rotatable bonds is 4. The molecule has 4 N–H and O–H groups in total. The molecule has 0 amide bonds. The number of ether oxygens (including phenoxy) is 1. The van der Waals surface area contributed by atoms with Crippen molar-refractivity contribution >= 4 is 5.84 Å². The SMILES string of the molecule is COCCN=C(NN)c1cn[nH]c1C. The molecule has 0 fully saturated rings. The molecule has 0 aliphatic rings. The third-order valence-corrected chi connectivity index (χ3v) is 1.79. The monoisotopic (exact) mass is 197 g/mol. The Morgan fingerprint density at radius 1 is 1.79 bits per heavy atom. The highest BCUT2D eigenvalue weighted by molar-refractivity contribution is 5.99. The molecule has 1 rings (SSSR count). The van der Waals surface area contributed by atoms with Crippen molar-refractivity contribution in [1.82, 2.24) is 15.6 Å². The van der Waals surface area contributed by atoms with Crippen LogP contribution in [0, 0.1) is 6.92 Å². The normalized spacial score (nSPS) is 11.8. The molecular weight excluding hydrogens is 182 g/mol. The largest absolute Gasteiger partial charge is 0.383 e. The molecule has 0 bridgehead atoms. The van der Waals surface area contributed by atoms with Gasteiger partial charge in [0.1, 0.15) is 5.84 Å².